The van der Waals surface area contributed by atoms with E-state index in [1.165, 1.54) is 25.0 Å². The van der Waals surface area contributed by atoms with Gasteiger partial charge in [0.15, 0.2) is 5.82 Å². The topological polar surface area (TPSA) is 159 Å². The zero-order valence-corrected chi connectivity index (χ0v) is 23.0. The number of amides is 1. The van der Waals surface area contributed by atoms with Crippen LogP contribution in [0.5, 0.6) is 17.4 Å². The molecule has 0 saturated heterocycles. The van der Waals surface area contributed by atoms with Gasteiger partial charge in [0.25, 0.3) is 0 Å². The molecule has 0 saturated carbocycles. The summed E-state index contributed by atoms with van der Waals surface area (Å²) >= 11 is 0. The van der Waals surface area contributed by atoms with E-state index in [1.807, 2.05) is 11.6 Å². The maximum Gasteiger partial charge on any atom is 0.303 e. The number of para-hydroxylation sites is 1. The Morgan fingerprint density at radius 1 is 1.10 bits per heavy atom. The summed E-state index contributed by atoms with van der Waals surface area (Å²) < 4.78 is 45.6. The van der Waals surface area contributed by atoms with Gasteiger partial charge in [0, 0.05) is 12.3 Å². The number of hydrogen-bond donors (Lipinski definition) is 1. The highest BCUT2D eigenvalue weighted by Crippen LogP contribution is 2.36. The Kier molecular flexibility index (Phi) is 9.49. The van der Waals surface area contributed by atoms with Crippen molar-refractivity contribution in [3.8, 4) is 34.6 Å². The van der Waals surface area contributed by atoms with Crippen LogP contribution in [-0.2, 0) is 10.0 Å². The van der Waals surface area contributed by atoms with Gasteiger partial charge in [-0.05, 0) is 45.7 Å². The number of aliphatic imine (C=N–C) groups is 2. The van der Waals surface area contributed by atoms with Crippen LogP contribution >= 0.6 is 0 Å². The Balaban J connectivity index is 2.15. The van der Waals surface area contributed by atoms with Crippen LogP contribution in [0, 0.1) is 0 Å². The minimum absolute atomic E-state index is 0.0954. The maximum absolute atomic E-state index is 13.4. The molecule has 0 atom stereocenters. The van der Waals surface area contributed by atoms with Crippen molar-refractivity contribution < 1.29 is 27.4 Å². The average molecular weight is 556 g/mol. The number of carbonyl (C=O) groups is 1. The number of allylic oxidation sites excluding steroid dienone is 1. The lowest BCUT2D eigenvalue weighted by atomic mass is 10.2. The first-order valence-electron chi connectivity index (χ1n) is 11.6. The average Bonchev–Trinajstić information content (AvgIpc) is 3.35. The number of rotatable bonds is 11. The van der Waals surface area contributed by atoms with Crippen molar-refractivity contribution in [2.45, 2.75) is 20.8 Å². The molecule has 1 N–H and O–H groups in total. The predicted octanol–water partition coefficient (Wildman–Crippen LogP) is 2.83. The van der Waals surface area contributed by atoms with Crippen molar-refractivity contribution in [2.24, 2.45) is 9.98 Å². The van der Waals surface area contributed by atoms with Gasteiger partial charge in [-0.1, -0.05) is 17.7 Å². The van der Waals surface area contributed by atoms with Crippen molar-refractivity contribution in [3.63, 3.8) is 0 Å². The molecule has 1 amide bonds. The summed E-state index contributed by atoms with van der Waals surface area (Å²) in [6.45, 7) is 9.13. The number of pyridine rings is 1. The number of amidine groups is 1. The molecule has 0 spiro atoms. The molecule has 2 aromatic heterocycles. The number of aromatic nitrogens is 4. The zero-order chi connectivity index (χ0) is 28.6. The third kappa shape index (κ3) is 7.04. The molecule has 3 aromatic rings. The lowest BCUT2D eigenvalue weighted by Gasteiger charge is -2.17. The van der Waals surface area contributed by atoms with Crippen LogP contribution in [0.4, 0.5) is 0 Å². The smallest absolute Gasteiger partial charge is 0.303 e. The lowest BCUT2D eigenvalue weighted by molar-refractivity contribution is 0.0969. The molecule has 39 heavy (non-hydrogen) atoms. The quantitative estimate of drug-likeness (QED) is 0.277. The number of benzene rings is 1. The van der Waals surface area contributed by atoms with Crippen LogP contribution in [0.2, 0.25) is 0 Å². The number of nitrogens with zero attached hydrogens (tertiary/aromatic N) is 6. The summed E-state index contributed by atoms with van der Waals surface area (Å²) in [4.78, 5) is 25.4. The first kappa shape index (κ1) is 29.0. The molecular weight excluding hydrogens is 526 g/mol. The molecule has 13 nitrogen and oxygen atoms in total. The van der Waals surface area contributed by atoms with E-state index in [9.17, 15) is 13.2 Å². The van der Waals surface area contributed by atoms with Crippen LogP contribution in [-0.4, -0.2) is 73.2 Å². The fraction of sp³-hybridized carbons (Fsp3) is 0.280. The summed E-state index contributed by atoms with van der Waals surface area (Å²) in [7, 11) is -1.38. The van der Waals surface area contributed by atoms with E-state index in [1.54, 1.807) is 50.2 Å². The molecule has 3 rings (SSSR count). The summed E-state index contributed by atoms with van der Waals surface area (Å²) in [5.74, 6) is -1.17. The van der Waals surface area contributed by atoms with E-state index < -0.39 is 21.7 Å². The van der Waals surface area contributed by atoms with Gasteiger partial charge in [0.2, 0.25) is 21.7 Å². The van der Waals surface area contributed by atoms with E-state index in [0.29, 0.717) is 29.7 Å². The standard InChI is InChI=1S/C25H29N7O6S/c1-7-38-21-13-8-10-17(28-21)23-29-30-24(32(23)22-18(36-5)11-9-12-19(22)37-6)25(33)31-39(34,35)15-20(26-4)27-14-16(2)3/h8-14H,4,7,15H2,1-3,5-6H3,(H,31,33). The van der Waals surface area contributed by atoms with Crippen LogP contribution < -0.4 is 18.9 Å². The van der Waals surface area contributed by atoms with Crippen molar-refractivity contribution in [2.75, 3.05) is 26.6 Å². The summed E-state index contributed by atoms with van der Waals surface area (Å²) in [6, 6.07) is 9.99. The number of nitrogens with one attached hydrogen (secondary N) is 1. The van der Waals surface area contributed by atoms with Crippen LogP contribution in [0.25, 0.3) is 17.2 Å². The van der Waals surface area contributed by atoms with Gasteiger partial charge in [-0.3, -0.25) is 9.36 Å². The van der Waals surface area contributed by atoms with E-state index in [4.69, 9.17) is 14.2 Å². The van der Waals surface area contributed by atoms with E-state index in [0.717, 1.165) is 5.57 Å². The summed E-state index contributed by atoms with van der Waals surface area (Å²) in [5, 5.41) is 8.17. The Bertz CT molecular complexity index is 1500. The molecule has 0 fully saturated rings. The number of carbonyl (C=O) groups excluding carboxylic acids is 1. The molecule has 2 heterocycles. The Labute approximate surface area is 226 Å². The normalized spacial score (nSPS) is 11.5. The second kappa shape index (κ2) is 12.8. The van der Waals surface area contributed by atoms with Crippen molar-refractivity contribution in [1.82, 2.24) is 24.5 Å². The van der Waals surface area contributed by atoms with Gasteiger partial charge in [0.05, 0.1) is 20.8 Å². The Hall–Kier alpha value is -4.59. The second-order valence-corrected chi connectivity index (χ2v) is 9.81. The second-order valence-electron chi connectivity index (χ2n) is 8.09. The highest BCUT2D eigenvalue weighted by atomic mass is 32.2. The highest BCUT2D eigenvalue weighted by molar-refractivity contribution is 7.90. The van der Waals surface area contributed by atoms with Crippen LogP contribution in [0.15, 0.2) is 58.2 Å². The van der Waals surface area contributed by atoms with Crippen molar-refractivity contribution in [1.29, 1.82) is 0 Å². The minimum atomic E-state index is -4.26. The third-order valence-corrected chi connectivity index (χ3v) is 6.09. The first-order valence-corrected chi connectivity index (χ1v) is 13.3. The molecule has 0 aliphatic heterocycles. The van der Waals surface area contributed by atoms with Crippen LogP contribution in [0.3, 0.4) is 0 Å². The predicted molar refractivity (Wildman–Crippen MR) is 147 cm³/mol. The molecule has 0 aliphatic rings. The molecule has 0 bridgehead atoms. The van der Waals surface area contributed by atoms with E-state index in [2.05, 4.69) is 31.9 Å². The molecule has 0 aliphatic carbocycles. The number of ether oxygens (including phenoxy) is 3. The molecule has 1 aromatic carbocycles. The lowest BCUT2D eigenvalue weighted by Crippen LogP contribution is -2.36. The summed E-state index contributed by atoms with van der Waals surface area (Å²) in [6.07, 6.45) is 1.45. The first-order chi connectivity index (χ1) is 18.6. The maximum atomic E-state index is 13.4. The van der Waals surface area contributed by atoms with Gasteiger partial charge in [-0.2, -0.15) is 0 Å². The highest BCUT2D eigenvalue weighted by Gasteiger charge is 2.29. The van der Waals surface area contributed by atoms with Gasteiger partial charge in [-0.25, -0.2) is 28.1 Å². The van der Waals surface area contributed by atoms with Crippen molar-refractivity contribution >= 4 is 28.5 Å². The molecule has 206 valence electrons. The van der Waals surface area contributed by atoms with Gasteiger partial charge < -0.3 is 14.2 Å². The molecule has 0 unspecified atom stereocenters. The fourth-order valence-electron chi connectivity index (χ4n) is 3.35. The van der Waals surface area contributed by atoms with Gasteiger partial charge >= 0.3 is 5.91 Å². The number of sulfonamides is 1. The molecular formula is C25H29N7O6S. The zero-order valence-electron chi connectivity index (χ0n) is 22.2. The van der Waals surface area contributed by atoms with Crippen molar-refractivity contribution in [3.05, 3.63) is 54.0 Å². The van der Waals surface area contributed by atoms with Crippen LogP contribution in [0.1, 0.15) is 31.4 Å². The summed E-state index contributed by atoms with van der Waals surface area (Å²) in [5.41, 5.74) is 1.38. The SMILES string of the molecule is C=NC(CS(=O)(=O)NC(=O)c1nnc(-c2cccc(OCC)n2)n1-c1c(OC)cccc1OC)=NC=C(C)C. The van der Waals surface area contributed by atoms with E-state index >= 15 is 0 Å². The number of methoxy groups -OCH3 is 2. The molecule has 0 radical (unpaired) electrons. The van der Waals surface area contributed by atoms with E-state index in [-0.39, 0.29) is 23.2 Å². The Morgan fingerprint density at radius 3 is 2.36 bits per heavy atom. The third-order valence-electron chi connectivity index (χ3n) is 4.96. The minimum Gasteiger partial charge on any atom is -0.494 e. The fourth-order valence-corrected chi connectivity index (χ4v) is 4.30. The monoisotopic (exact) mass is 555 g/mol. The van der Waals surface area contributed by atoms with Gasteiger partial charge in [0.1, 0.15) is 34.5 Å². The number of hydrogen-bond acceptors (Lipinski definition) is 10. The Morgan fingerprint density at radius 2 is 1.77 bits per heavy atom. The largest absolute Gasteiger partial charge is 0.494 e. The van der Waals surface area contributed by atoms with Gasteiger partial charge in [-0.15, -0.1) is 10.2 Å². The molecule has 14 heteroatoms.